The molecule has 0 amide bonds. The quantitative estimate of drug-likeness (QED) is 0.720. The average Bonchev–Trinajstić information content (AvgIpc) is 2.89. The lowest BCUT2D eigenvalue weighted by atomic mass is 9.65. The van der Waals surface area contributed by atoms with Crippen LogP contribution in [0.3, 0.4) is 0 Å². The summed E-state index contributed by atoms with van der Waals surface area (Å²) in [4.78, 5) is 10.8. The number of carbonyl (C=O) groups is 1. The van der Waals surface area contributed by atoms with Crippen molar-refractivity contribution < 1.29 is 9.90 Å². The third kappa shape index (κ3) is 1.44. The zero-order chi connectivity index (χ0) is 10.3. The fourth-order valence-electron chi connectivity index (χ4n) is 3.28. The van der Waals surface area contributed by atoms with Gasteiger partial charge in [0.2, 0.25) is 0 Å². The Kier molecular flexibility index (Phi) is 2.30. The van der Waals surface area contributed by atoms with Crippen molar-refractivity contribution in [3.8, 4) is 0 Å². The zero-order valence-corrected chi connectivity index (χ0v) is 8.70. The van der Waals surface area contributed by atoms with E-state index in [4.69, 9.17) is 10.8 Å². The Morgan fingerprint density at radius 3 is 2.93 bits per heavy atom. The Morgan fingerprint density at radius 1 is 1.64 bits per heavy atom. The number of rotatable bonds is 3. The maximum Gasteiger partial charge on any atom is 0.303 e. The molecule has 0 saturated heterocycles. The molecule has 2 aliphatic carbocycles. The molecule has 2 saturated carbocycles. The van der Waals surface area contributed by atoms with Crippen LogP contribution in [0.1, 0.15) is 32.6 Å². The van der Waals surface area contributed by atoms with E-state index in [1.807, 2.05) is 0 Å². The monoisotopic (exact) mass is 197 g/mol. The maximum atomic E-state index is 10.8. The molecule has 0 spiro atoms. The molecule has 0 bridgehead atoms. The molecular weight excluding hydrogens is 178 g/mol. The average molecular weight is 197 g/mol. The number of aliphatic carboxylic acids is 1. The third-order valence-electron chi connectivity index (χ3n) is 4.51. The molecule has 4 unspecified atom stereocenters. The van der Waals surface area contributed by atoms with Crippen LogP contribution in [0.5, 0.6) is 0 Å². The molecule has 3 N–H and O–H groups in total. The highest BCUT2D eigenvalue weighted by Crippen LogP contribution is 2.59. The molecule has 0 radical (unpaired) electrons. The predicted octanol–water partition coefficient (Wildman–Crippen LogP) is 1.47. The van der Waals surface area contributed by atoms with E-state index < -0.39 is 5.97 Å². The van der Waals surface area contributed by atoms with Gasteiger partial charge in [-0.2, -0.15) is 0 Å². The van der Waals surface area contributed by atoms with Crippen LogP contribution in [0, 0.1) is 23.2 Å². The Bertz CT molecular complexity index is 254. The van der Waals surface area contributed by atoms with Gasteiger partial charge in [0, 0.05) is 0 Å². The Morgan fingerprint density at radius 2 is 2.36 bits per heavy atom. The molecule has 2 rings (SSSR count). The molecule has 80 valence electrons. The van der Waals surface area contributed by atoms with E-state index in [1.54, 1.807) is 0 Å². The first kappa shape index (κ1) is 9.97. The highest BCUT2D eigenvalue weighted by molar-refractivity contribution is 5.67. The van der Waals surface area contributed by atoms with Gasteiger partial charge in [-0.1, -0.05) is 6.92 Å². The molecule has 0 aromatic rings. The lowest BCUT2D eigenvalue weighted by Crippen LogP contribution is -2.42. The molecule has 0 heterocycles. The predicted molar refractivity (Wildman–Crippen MR) is 53.7 cm³/mol. The zero-order valence-electron chi connectivity index (χ0n) is 8.70. The van der Waals surface area contributed by atoms with Gasteiger partial charge >= 0.3 is 5.97 Å². The van der Waals surface area contributed by atoms with Crippen molar-refractivity contribution in [2.75, 3.05) is 6.54 Å². The molecule has 2 fully saturated rings. The van der Waals surface area contributed by atoms with Crippen LogP contribution in [-0.2, 0) is 4.79 Å². The molecule has 0 aliphatic heterocycles. The Balaban J connectivity index is 2.12. The second-order valence-electron chi connectivity index (χ2n) is 5.12. The van der Waals surface area contributed by atoms with E-state index in [1.165, 1.54) is 12.8 Å². The summed E-state index contributed by atoms with van der Waals surface area (Å²) in [6.07, 6.45) is 3.77. The van der Waals surface area contributed by atoms with Gasteiger partial charge in [0.15, 0.2) is 0 Å². The highest BCUT2D eigenvalue weighted by Gasteiger charge is 2.54. The number of carboxylic acid groups (broad SMARTS) is 1. The SMILES string of the molecule is CC1C2CC2CCC1(CN)CC(=O)O. The minimum Gasteiger partial charge on any atom is -0.481 e. The van der Waals surface area contributed by atoms with Crippen molar-refractivity contribution in [1.29, 1.82) is 0 Å². The van der Waals surface area contributed by atoms with Gasteiger partial charge in [0.05, 0.1) is 6.42 Å². The number of nitrogens with two attached hydrogens (primary N) is 1. The van der Waals surface area contributed by atoms with Gasteiger partial charge < -0.3 is 10.8 Å². The van der Waals surface area contributed by atoms with Gasteiger partial charge in [-0.3, -0.25) is 4.79 Å². The molecule has 0 aromatic heterocycles. The van der Waals surface area contributed by atoms with Crippen molar-refractivity contribution >= 4 is 5.97 Å². The van der Waals surface area contributed by atoms with E-state index in [2.05, 4.69) is 6.92 Å². The first-order chi connectivity index (χ1) is 6.59. The number of fused-ring (bicyclic) bond motifs is 1. The van der Waals surface area contributed by atoms with E-state index in [0.29, 0.717) is 12.5 Å². The minimum atomic E-state index is -0.693. The van der Waals surface area contributed by atoms with Crippen molar-refractivity contribution in [2.24, 2.45) is 28.9 Å². The van der Waals surface area contributed by atoms with Gasteiger partial charge in [0.1, 0.15) is 0 Å². The highest BCUT2D eigenvalue weighted by atomic mass is 16.4. The lowest BCUT2D eigenvalue weighted by molar-refractivity contribution is -0.141. The normalized spacial score (nSPS) is 45.7. The van der Waals surface area contributed by atoms with Crippen LogP contribution in [0.2, 0.25) is 0 Å². The fourth-order valence-corrected chi connectivity index (χ4v) is 3.28. The van der Waals surface area contributed by atoms with Gasteiger partial charge in [-0.15, -0.1) is 0 Å². The Labute approximate surface area is 84.7 Å². The minimum absolute atomic E-state index is 0.108. The van der Waals surface area contributed by atoms with Gasteiger partial charge in [0.25, 0.3) is 0 Å². The Hall–Kier alpha value is -0.570. The smallest absolute Gasteiger partial charge is 0.303 e. The van der Waals surface area contributed by atoms with Gasteiger partial charge in [-0.25, -0.2) is 0 Å². The summed E-state index contributed by atoms with van der Waals surface area (Å²) >= 11 is 0. The molecule has 14 heavy (non-hydrogen) atoms. The topological polar surface area (TPSA) is 63.3 Å². The van der Waals surface area contributed by atoms with Crippen molar-refractivity contribution in [3.63, 3.8) is 0 Å². The van der Waals surface area contributed by atoms with E-state index >= 15 is 0 Å². The standard InChI is InChI=1S/C11H19NO2/c1-7-9-4-8(9)2-3-11(7,6-12)5-10(13)14/h7-9H,2-6,12H2,1H3,(H,13,14). The number of hydrogen-bond acceptors (Lipinski definition) is 2. The van der Waals surface area contributed by atoms with Crippen molar-refractivity contribution in [3.05, 3.63) is 0 Å². The van der Waals surface area contributed by atoms with Crippen LogP contribution in [-0.4, -0.2) is 17.6 Å². The summed E-state index contributed by atoms with van der Waals surface area (Å²) in [6, 6.07) is 0. The van der Waals surface area contributed by atoms with Crippen molar-refractivity contribution in [1.82, 2.24) is 0 Å². The summed E-state index contributed by atoms with van der Waals surface area (Å²) < 4.78 is 0. The summed E-state index contributed by atoms with van der Waals surface area (Å²) in [5.74, 6) is 1.47. The summed E-state index contributed by atoms with van der Waals surface area (Å²) in [7, 11) is 0. The van der Waals surface area contributed by atoms with Crippen LogP contribution in [0.25, 0.3) is 0 Å². The summed E-state index contributed by atoms with van der Waals surface area (Å²) in [5, 5.41) is 8.92. The van der Waals surface area contributed by atoms with E-state index in [9.17, 15) is 4.79 Å². The summed E-state index contributed by atoms with van der Waals surface area (Å²) in [5.41, 5.74) is 5.69. The van der Waals surface area contributed by atoms with Crippen LogP contribution >= 0.6 is 0 Å². The number of hydrogen-bond donors (Lipinski definition) is 2. The molecule has 0 aromatic carbocycles. The molecular formula is C11H19NO2. The second kappa shape index (κ2) is 3.23. The maximum absolute atomic E-state index is 10.8. The summed E-state index contributed by atoms with van der Waals surface area (Å²) in [6.45, 7) is 2.73. The second-order valence-corrected chi connectivity index (χ2v) is 5.12. The van der Waals surface area contributed by atoms with E-state index in [-0.39, 0.29) is 11.8 Å². The molecule has 4 atom stereocenters. The number of carboxylic acids is 1. The molecule has 3 nitrogen and oxygen atoms in total. The van der Waals surface area contributed by atoms with E-state index in [0.717, 1.165) is 18.3 Å². The molecule has 3 heteroatoms. The third-order valence-corrected chi connectivity index (χ3v) is 4.51. The first-order valence-electron chi connectivity index (χ1n) is 5.51. The van der Waals surface area contributed by atoms with Crippen LogP contribution in [0.4, 0.5) is 0 Å². The first-order valence-corrected chi connectivity index (χ1v) is 5.51. The van der Waals surface area contributed by atoms with Crippen LogP contribution in [0.15, 0.2) is 0 Å². The largest absolute Gasteiger partial charge is 0.481 e. The van der Waals surface area contributed by atoms with Gasteiger partial charge in [-0.05, 0) is 49.0 Å². The fraction of sp³-hybridized carbons (Fsp3) is 0.909. The molecule has 2 aliphatic rings. The lowest BCUT2D eigenvalue weighted by Gasteiger charge is -2.40. The van der Waals surface area contributed by atoms with Crippen molar-refractivity contribution in [2.45, 2.75) is 32.6 Å². The van der Waals surface area contributed by atoms with Crippen LogP contribution < -0.4 is 5.73 Å².